The van der Waals surface area contributed by atoms with Crippen molar-refractivity contribution < 1.29 is 14.7 Å². The van der Waals surface area contributed by atoms with Gasteiger partial charge in [-0.1, -0.05) is 6.92 Å². The van der Waals surface area contributed by atoms with Crippen molar-refractivity contribution in [2.24, 2.45) is 17.8 Å². The van der Waals surface area contributed by atoms with Crippen molar-refractivity contribution in [2.75, 3.05) is 5.32 Å². The fourth-order valence-corrected chi connectivity index (χ4v) is 3.14. The van der Waals surface area contributed by atoms with Crippen LogP contribution in [-0.2, 0) is 9.59 Å². The smallest absolute Gasteiger partial charge is 0.307 e. The molecule has 3 atom stereocenters. The van der Waals surface area contributed by atoms with E-state index in [0.29, 0.717) is 28.8 Å². The number of aryl methyl sites for hydroxylation is 1. The van der Waals surface area contributed by atoms with E-state index in [1.807, 2.05) is 6.92 Å². The zero-order valence-corrected chi connectivity index (χ0v) is 13.0. The van der Waals surface area contributed by atoms with Gasteiger partial charge in [0.15, 0.2) is 0 Å². The summed E-state index contributed by atoms with van der Waals surface area (Å²) in [5, 5.41) is 12.0. The summed E-state index contributed by atoms with van der Waals surface area (Å²) in [7, 11) is 0. The van der Waals surface area contributed by atoms with Crippen LogP contribution >= 0.6 is 15.9 Å². The van der Waals surface area contributed by atoms with Crippen LogP contribution in [0, 0.1) is 24.7 Å². The van der Waals surface area contributed by atoms with Crippen molar-refractivity contribution in [2.45, 2.75) is 26.7 Å². The van der Waals surface area contributed by atoms with Crippen molar-refractivity contribution in [3.05, 3.63) is 22.4 Å². The molecule has 2 rings (SSSR count). The van der Waals surface area contributed by atoms with Crippen LogP contribution in [0.15, 0.2) is 16.7 Å². The molecular weight excluding hydrogens is 324 g/mol. The Balaban J connectivity index is 2.13. The van der Waals surface area contributed by atoms with Crippen molar-refractivity contribution in [3.8, 4) is 0 Å². The van der Waals surface area contributed by atoms with Crippen LogP contribution in [-0.4, -0.2) is 22.0 Å². The van der Waals surface area contributed by atoms with Crippen LogP contribution in [0.5, 0.6) is 0 Å². The normalized spacial score (nSPS) is 25.4. The summed E-state index contributed by atoms with van der Waals surface area (Å²) in [5.41, 5.74) is 1.33. The first-order valence-corrected chi connectivity index (χ1v) is 7.34. The second-order valence-electron chi connectivity index (χ2n) is 5.38. The molecule has 1 aliphatic rings. The van der Waals surface area contributed by atoms with E-state index in [1.54, 1.807) is 19.1 Å². The lowest BCUT2D eigenvalue weighted by molar-refractivity contribution is -0.145. The summed E-state index contributed by atoms with van der Waals surface area (Å²) >= 11 is 3.26. The molecule has 0 saturated heterocycles. The number of anilines is 1. The molecule has 6 heteroatoms. The quantitative estimate of drug-likeness (QED) is 0.829. The Kier molecular flexibility index (Phi) is 4.42. The minimum absolute atomic E-state index is 0.228. The molecule has 0 aliphatic heterocycles. The number of rotatable bonds is 3. The molecule has 1 unspecified atom stereocenters. The molecule has 1 fully saturated rings. The molecule has 1 amide bonds. The molecule has 1 aromatic heterocycles. The molecular formula is C14H17BrN2O3. The van der Waals surface area contributed by atoms with E-state index in [4.69, 9.17) is 0 Å². The summed E-state index contributed by atoms with van der Waals surface area (Å²) in [6.45, 7) is 3.78. The third-order valence-corrected chi connectivity index (χ3v) is 4.20. The van der Waals surface area contributed by atoms with E-state index in [9.17, 15) is 14.7 Å². The molecule has 0 spiro atoms. The molecule has 1 aliphatic carbocycles. The SMILES string of the molecule is Cc1nc(Br)ccc1NC(=O)[C@H]1CC(C)C[C@H]1C(=O)O. The third kappa shape index (κ3) is 3.17. The molecule has 1 heterocycles. The van der Waals surface area contributed by atoms with Gasteiger partial charge in [-0.2, -0.15) is 0 Å². The van der Waals surface area contributed by atoms with Crippen molar-refractivity contribution in [1.82, 2.24) is 4.98 Å². The number of pyridine rings is 1. The highest BCUT2D eigenvalue weighted by molar-refractivity contribution is 9.10. The number of nitrogens with one attached hydrogen (secondary N) is 1. The molecule has 0 radical (unpaired) electrons. The van der Waals surface area contributed by atoms with E-state index in [1.165, 1.54) is 0 Å². The monoisotopic (exact) mass is 340 g/mol. The summed E-state index contributed by atoms with van der Waals surface area (Å²) in [4.78, 5) is 27.7. The standard InChI is InChI=1S/C14H17BrN2O3/c1-7-5-9(10(6-7)14(19)20)13(18)17-11-3-4-12(15)16-8(11)2/h3-4,7,9-10H,5-6H2,1-2H3,(H,17,18)(H,19,20)/t7?,9-,10+/m0/s1. The van der Waals surface area contributed by atoms with Gasteiger partial charge in [0, 0.05) is 0 Å². The molecule has 1 saturated carbocycles. The number of carbonyl (C=O) groups excluding carboxylic acids is 1. The van der Waals surface area contributed by atoms with Crippen LogP contribution in [0.3, 0.4) is 0 Å². The van der Waals surface area contributed by atoms with Crippen LogP contribution in [0.2, 0.25) is 0 Å². The molecule has 108 valence electrons. The Bertz CT molecular complexity index is 547. The third-order valence-electron chi connectivity index (χ3n) is 3.76. The summed E-state index contributed by atoms with van der Waals surface area (Å²) < 4.78 is 0.700. The number of carboxylic acids is 1. The Morgan fingerprint density at radius 3 is 2.60 bits per heavy atom. The number of nitrogens with zero attached hydrogens (tertiary/aromatic N) is 1. The number of hydrogen-bond donors (Lipinski definition) is 2. The van der Waals surface area contributed by atoms with Crippen molar-refractivity contribution in [1.29, 1.82) is 0 Å². The van der Waals surface area contributed by atoms with Crippen molar-refractivity contribution >= 4 is 33.5 Å². The fourth-order valence-electron chi connectivity index (χ4n) is 2.74. The lowest BCUT2D eigenvalue weighted by Crippen LogP contribution is -2.30. The molecule has 0 bridgehead atoms. The van der Waals surface area contributed by atoms with Gasteiger partial charge in [0.1, 0.15) is 4.60 Å². The van der Waals surface area contributed by atoms with Gasteiger partial charge < -0.3 is 10.4 Å². The first kappa shape index (κ1) is 15.0. The maximum absolute atomic E-state index is 12.3. The number of aromatic nitrogens is 1. The van der Waals surface area contributed by atoms with E-state index >= 15 is 0 Å². The Morgan fingerprint density at radius 1 is 1.35 bits per heavy atom. The van der Waals surface area contributed by atoms with E-state index in [2.05, 4.69) is 26.2 Å². The molecule has 2 N–H and O–H groups in total. The number of hydrogen-bond acceptors (Lipinski definition) is 3. The van der Waals surface area contributed by atoms with E-state index < -0.39 is 17.8 Å². The van der Waals surface area contributed by atoms with E-state index in [-0.39, 0.29) is 11.8 Å². The lowest BCUT2D eigenvalue weighted by atomic mass is 9.95. The maximum Gasteiger partial charge on any atom is 0.307 e. The first-order valence-electron chi connectivity index (χ1n) is 6.55. The Hall–Kier alpha value is -1.43. The Labute approximate surface area is 125 Å². The minimum atomic E-state index is -0.889. The van der Waals surface area contributed by atoms with Crippen LogP contribution in [0.25, 0.3) is 0 Å². The predicted molar refractivity (Wildman–Crippen MR) is 78.3 cm³/mol. The summed E-state index contributed by atoms with van der Waals surface area (Å²) in [6.07, 6.45) is 1.18. The lowest BCUT2D eigenvalue weighted by Gasteiger charge is -2.16. The van der Waals surface area contributed by atoms with Crippen LogP contribution in [0.4, 0.5) is 5.69 Å². The zero-order chi connectivity index (χ0) is 14.9. The first-order chi connectivity index (χ1) is 9.38. The van der Waals surface area contributed by atoms with E-state index in [0.717, 1.165) is 0 Å². The molecule has 5 nitrogen and oxygen atoms in total. The number of carbonyl (C=O) groups is 2. The highest BCUT2D eigenvalue weighted by Gasteiger charge is 2.41. The average Bonchev–Trinajstić information content (AvgIpc) is 2.75. The average molecular weight is 341 g/mol. The number of carboxylic acid groups (broad SMARTS) is 1. The summed E-state index contributed by atoms with van der Waals surface area (Å²) in [5.74, 6) is -1.91. The van der Waals surface area contributed by atoms with Gasteiger partial charge in [0.05, 0.1) is 23.2 Å². The fraction of sp³-hybridized carbons (Fsp3) is 0.500. The molecule has 20 heavy (non-hydrogen) atoms. The topological polar surface area (TPSA) is 79.3 Å². The van der Waals surface area contributed by atoms with Gasteiger partial charge >= 0.3 is 5.97 Å². The van der Waals surface area contributed by atoms with Gasteiger partial charge in [0.25, 0.3) is 0 Å². The Morgan fingerprint density at radius 2 is 2.00 bits per heavy atom. The zero-order valence-electron chi connectivity index (χ0n) is 11.4. The van der Waals surface area contributed by atoms with Crippen LogP contribution in [0.1, 0.15) is 25.5 Å². The highest BCUT2D eigenvalue weighted by Crippen LogP contribution is 2.37. The van der Waals surface area contributed by atoms with Crippen molar-refractivity contribution in [3.63, 3.8) is 0 Å². The second kappa shape index (κ2) is 5.91. The van der Waals surface area contributed by atoms with Gasteiger partial charge in [-0.15, -0.1) is 0 Å². The van der Waals surface area contributed by atoms with Gasteiger partial charge in [0.2, 0.25) is 5.91 Å². The number of amides is 1. The number of halogens is 1. The second-order valence-corrected chi connectivity index (χ2v) is 6.20. The maximum atomic E-state index is 12.3. The summed E-state index contributed by atoms with van der Waals surface area (Å²) in [6, 6.07) is 3.51. The number of aliphatic carboxylic acids is 1. The largest absolute Gasteiger partial charge is 0.481 e. The molecule has 0 aromatic carbocycles. The van der Waals surface area contributed by atoms with Gasteiger partial charge in [-0.25, -0.2) is 4.98 Å². The molecule has 1 aromatic rings. The van der Waals surface area contributed by atoms with Gasteiger partial charge in [-0.05, 0) is 53.7 Å². The predicted octanol–water partition coefficient (Wildman–Crippen LogP) is 2.84. The van der Waals surface area contributed by atoms with Gasteiger partial charge in [-0.3, -0.25) is 9.59 Å². The highest BCUT2D eigenvalue weighted by atomic mass is 79.9. The minimum Gasteiger partial charge on any atom is -0.481 e. The van der Waals surface area contributed by atoms with Crippen LogP contribution < -0.4 is 5.32 Å².